The van der Waals surface area contributed by atoms with Gasteiger partial charge in [-0.3, -0.25) is 10.00 Å². The number of fused-ring (bicyclic) bond motifs is 2. The number of aryl methyl sites for hydroxylation is 2. The number of nitrogens with zero attached hydrogens (tertiary/aromatic N) is 2. The average molecular weight is 292 g/mol. The summed E-state index contributed by atoms with van der Waals surface area (Å²) in [7, 11) is 1.82. The summed E-state index contributed by atoms with van der Waals surface area (Å²) in [5.41, 5.74) is 0.959. The lowest BCUT2D eigenvalue weighted by Gasteiger charge is -2.30. The third kappa shape index (κ3) is 2.64. The van der Waals surface area contributed by atoms with Gasteiger partial charge in [0.1, 0.15) is 5.82 Å². The smallest absolute Gasteiger partial charge is 0.320 e. The number of urea groups is 1. The molecule has 2 aliphatic carbocycles. The van der Waals surface area contributed by atoms with Crippen molar-refractivity contribution in [2.45, 2.75) is 38.6 Å². The van der Waals surface area contributed by atoms with E-state index >= 15 is 0 Å². The number of amides is 2. The van der Waals surface area contributed by atoms with Crippen LogP contribution in [-0.2, 0) is 13.5 Å². The molecule has 6 nitrogen and oxygen atoms in total. The number of anilines is 1. The van der Waals surface area contributed by atoms with Crippen molar-refractivity contribution in [3.63, 3.8) is 0 Å². The standard InChI is InChI=1S/C15H24N4O2/c1-3-11-7-13(19(2)18-11)16-15(21)17-14-10-5-4-9(6-10)12(14)8-20/h7,9-10,12,14,20H,3-6,8H2,1-2H3,(H2,16,17,21). The van der Waals surface area contributed by atoms with Gasteiger partial charge in [-0.1, -0.05) is 6.92 Å². The summed E-state index contributed by atoms with van der Waals surface area (Å²) >= 11 is 0. The van der Waals surface area contributed by atoms with E-state index in [0.717, 1.165) is 25.0 Å². The number of carbonyl (C=O) groups excluding carboxylic acids is 1. The Bertz CT molecular complexity index is 528. The van der Waals surface area contributed by atoms with Gasteiger partial charge in [-0.15, -0.1) is 0 Å². The van der Waals surface area contributed by atoms with Gasteiger partial charge in [-0.05, 0) is 37.5 Å². The van der Waals surface area contributed by atoms with E-state index < -0.39 is 0 Å². The highest BCUT2D eigenvalue weighted by molar-refractivity contribution is 5.88. The zero-order valence-electron chi connectivity index (χ0n) is 12.7. The average Bonchev–Trinajstić information content (AvgIpc) is 3.14. The summed E-state index contributed by atoms with van der Waals surface area (Å²) in [6, 6.07) is 1.80. The summed E-state index contributed by atoms with van der Waals surface area (Å²) in [6.45, 7) is 2.20. The second-order valence-corrected chi connectivity index (χ2v) is 6.30. The Morgan fingerprint density at radius 1 is 1.48 bits per heavy atom. The number of aromatic nitrogens is 2. The summed E-state index contributed by atoms with van der Waals surface area (Å²) in [5.74, 6) is 2.02. The van der Waals surface area contributed by atoms with Crippen LogP contribution in [0.1, 0.15) is 31.9 Å². The molecule has 2 amide bonds. The molecule has 21 heavy (non-hydrogen) atoms. The van der Waals surface area contributed by atoms with Gasteiger partial charge in [0.15, 0.2) is 0 Å². The molecule has 116 valence electrons. The highest BCUT2D eigenvalue weighted by Crippen LogP contribution is 2.48. The van der Waals surface area contributed by atoms with Crippen LogP contribution in [0.3, 0.4) is 0 Å². The fourth-order valence-electron chi connectivity index (χ4n) is 4.02. The molecule has 3 rings (SSSR count). The number of hydrogen-bond donors (Lipinski definition) is 3. The maximum Gasteiger partial charge on any atom is 0.320 e. The molecule has 2 saturated carbocycles. The first-order valence-electron chi connectivity index (χ1n) is 7.83. The number of aliphatic hydroxyl groups excluding tert-OH is 1. The van der Waals surface area contributed by atoms with Crippen LogP contribution in [0.15, 0.2) is 6.07 Å². The zero-order chi connectivity index (χ0) is 15.0. The largest absolute Gasteiger partial charge is 0.396 e. The lowest BCUT2D eigenvalue weighted by Crippen LogP contribution is -2.47. The molecule has 3 N–H and O–H groups in total. The summed E-state index contributed by atoms with van der Waals surface area (Å²) in [5, 5.41) is 19.8. The van der Waals surface area contributed by atoms with E-state index in [9.17, 15) is 9.90 Å². The lowest BCUT2D eigenvalue weighted by molar-refractivity contribution is 0.146. The van der Waals surface area contributed by atoms with Gasteiger partial charge in [0.25, 0.3) is 0 Å². The Morgan fingerprint density at radius 2 is 2.24 bits per heavy atom. The van der Waals surface area contributed by atoms with Crippen molar-refractivity contribution < 1.29 is 9.90 Å². The number of rotatable bonds is 4. The van der Waals surface area contributed by atoms with Crippen LogP contribution in [0, 0.1) is 17.8 Å². The van der Waals surface area contributed by atoms with Gasteiger partial charge < -0.3 is 10.4 Å². The predicted molar refractivity (Wildman–Crippen MR) is 79.9 cm³/mol. The summed E-state index contributed by atoms with van der Waals surface area (Å²) in [6.07, 6.45) is 4.34. The topological polar surface area (TPSA) is 79.2 Å². The third-order valence-electron chi connectivity index (χ3n) is 5.13. The molecular weight excluding hydrogens is 268 g/mol. The van der Waals surface area contributed by atoms with Crippen LogP contribution in [-0.4, -0.2) is 33.6 Å². The number of carbonyl (C=O) groups is 1. The molecule has 6 heteroatoms. The Kier molecular flexibility index (Phi) is 3.89. The first-order chi connectivity index (χ1) is 10.1. The van der Waals surface area contributed by atoms with Crippen molar-refractivity contribution in [2.75, 3.05) is 11.9 Å². The molecule has 0 aromatic carbocycles. The Balaban J connectivity index is 1.62. The van der Waals surface area contributed by atoms with Crippen molar-refractivity contribution in [1.29, 1.82) is 0 Å². The first-order valence-corrected chi connectivity index (χ1v) is 7.83. The summed E-state index contributed by atoms with van der Waals surface area (Å²) in [4.78, 5) is 12.2. The van der Waals surface area contributed by atoms with Crippen LogP contribution in [0.2, 0.25) is 0 Å². The molecule has 1 aromatic rings. The maximum atomic E-state index is 12.2. The second-order valence-electron chi connectivity index (χ2n) is 6.30. The fraction of sp³-hybridized carbons (Fsp3) is 0.733. The molecule has 4 atom stereocenters. The molecule has 1 heterocycles. The number of aliphatic hydroxyl groups is 1. The molecule has 1 aromatic heterocycles. The molecule has 0 aliphatic heterocycles. The van der Waals surface area contributed by atoms with E-state index in [0.29, 0.717) is 17.7 Å². The van der Waals surface area contributed by atoms with Crippen molar-refractivity contribution >= 4 is 11.8 Å². The Labute approximate surface area is 124 Å². The van der Waals surface area contributed by atoms with Crippen LogP contribution in [0.4, 0.5) is 10.6 Å². The molecule has 4 unspecified atom stereocenters. The van der Waals surface area contributed by atoms with E-state index in [1.807, 2.05) is 20.0 Å². The highest BCUT2D eigenvalue weighted by Gasteiger charge is 2.47. The van der Waals surface area contributed by atoms with Gasteiger partial charge in [-0.2, -0.15) is 5.10 Å². The van der Waals surface area contributed by atoms with E-state index in [-0.39, 0.29) is 24.6 Å². The predicted octanol–water partition coefficient (Wildman–Crippen LogP) is 1.51. The molecule has 0 saturated heterocycles. The normalized spacial score (nSPS) is 30.6. The van der Waals surface area contributed by atoms with Crippen molar-refractivity contribution in [2.24, 2.45) is 24.8 Å². The molecule has 2 fully saturated rings. The minimum Gasteiger partial charge on any atom is -0.396 e. The van der Waals surface area contributed by atoms with Crippen LogP contribution in [0.5, 0.6) is 0 Å². The SMILES string of the molecule is CCc1cc(NC(=O)NC2C3CCC(C3)C2CO)n(C)n1. The van der Waals surface area contributed by atoms with Gasteiger partial charge in [0.2, 0.25) is 0 Å². The minimum atomic E-state index is -0.198. The third-order valence-corrected chi connectivity index (χ3v) is 5.13. The first kappa shape index (κ1) is 14.4. The maximum absolute atomic E-state index is 12.2. The number of nitrogens with one attached hydrogen (secondary N) is 2. The zero-order valence-corrected chi connectivity index (χ0v) is 12.7. The molecule has 2 bridgehead atoms. The highest BCUT2D eigenvalue weighted by atomic mass is 16.3. The van der Waals surface area contributed by atoms with E-state index in [4.69, 9.17) is 0 Å². The lowest BCUT2D eigenvalue weighted by atomic mass is 9.85. The molecule has 0 radical (unpaired) electrons. The number of hydrogen-bond acceptors (Lipinski definition) is 3. The van der Waals surface area contributed by atoms with E-state index in [1.165, 1.54) is 6.42 Å². The van der Waals surface area contributed by atoms with Gasteiger partial charge in [0, 0.05) is 31.7 Å². The van der Waals surface area contributed by atoms with Gasteiger partial charge in [-0.25, -0.2) is 4.79 Å². The van der Waals surface area contributed by atoms with Crippen LogP contribution >= 0.6 is 0 Å². The summed E-state index contributed by atoms with van der Waals surface area (Å²) < 4.78 is 1.68. The van der Waals surface area contributed by atoms with Crippen molar-refractivity contribution in [1.82, 2.24) is 15.1 Å². The monoisotopic (exact) mass is 292 g/mol. The van der Waals surface area contributed by atoms with Crippen LogP contribution in [0.25, 0.3) is 0 Å². The van der Waals surface area contributed by atoms with E-state index in [1.54, 1.807) is 4.68 Å². The van der Waals surface area contributed by atoms with E-state index in [2.05, 4.69) is 15.7 Å². The quantitative estimate of drug-likeness (QED) is 0.787. The fourth-order valence-corrected chi connectivity index (χ4v) is 4.02. The molecular formula is C15H24N4O2. The van der Waals surface area contributed by atoms with Gasteiger partial charge >= 0.3 is 6.03 Å². The Morgan fingerprint density at radius 3 is 2.90 bits per heavy atom. The Hall–Kier alpha value is -1.56. The van der Waals surface area contributed by atoms with Crippen molar-refractivity contribution in [3.8, 4) is 0 Å². The van der Waals surface area contributed by atoms with Crippen LogP contribution < -0.4 is 10.6 Å². The molecule has 2 aliphatic rings. The molecule has 0 spiro atoms. The van der Waals surface area contributed by atoms with Gasteiger partial charge in [0.05, 0.1) is 5.69 Å². The minimum absolute atomic E-state index is 0.104. The second kappa shape index (κ2) is 5.67. The van der Waals surface area contributed by atoms with Crippen molar-refractivity contribution in [3.05, 3.63) is 11.8 Å².